The lowest BCUT2D eigenvalue weighted by molar-refractivity contribution is -0.408. The van der Waals surface area contributed by atoms with Crippen LogP contribution in [0.5, 0.6) is 0 Å². The lowest BCUT2D eigenvalue weighted by Crippen LogP contribution is -2.71. The van der Waals surface area contributed by atoms with E-state index in [1.807, 2.05) is 0 Å². The third kappa shape index (κ3) is 34.8. The minimum absolute atomic E-state index is 0.116. The summed E-state index contributed by atoms with van der Waals surface area (Å²) in [6.07, 6.45) is -27.4. The molecule has 3 amide bonds. The highest BCUT2D eigenvalue weighted by atomic mass is 16.8. The van der Waals surface area contributed by atoms with Crippen molar-refractivity contribution in [2.24, 2.45) is 5.92 Å². The molecule has 131 heavy (non-hydrogen) atoms. The molecule has 0 radical (unpaired) electrons. The average molecular weight is 1890 g/mol. The van der Waals surface area contributed by atoms with Crippen LogP contribution in [0.2, 0.25) is 0 Å². The van der Waals surface area contributed by atoms with Gasteiger partial charge >= 0.3 is 11.9 Å². The molecule has 24 N–H and O–H groups in total. The Balaban J connectivity index is 1.27. The molecule has 6 saturated heterocycles. The normalized spacial score (nSPS) is 34.4. The lowest BCUT2D eigenvalue weighted by atomic mass is 9.86. The molecule has 0 aromatic carbocycles. The second kappa shape index (κ2) is 59.7. The van der Waals surface area contributed by atoms with Gasteiger partial charge in [0.25, 0.3) is 11.6 Å². The van der Waals surface area contributed by atoms with Gasteiger partial charge in [-0.3, -0.25) is 14.4 Å². The SMILES string of the molecule is CCCCCCCCC=CCCCCCCCCCCCC(=O)N[C@@H](CO[C@@H]1O[C@H](CO)[C@@H](O[C@@H]2O[C@H](CO)[C@H](O[C@@H]3O[C@H](CO)[C@H](O)[C@H](O[C@@H]4O[C@H](CO)[C@H](O)[C@H](O[C@]5(C(=O)O)C[C@H](O)[C@@H](NC(C)=O)C([C@H](O)[C@H](O)CO)O5)[C@H]4O)[C@H]3CC(C)=O)[C@H](O[C@]3(C(=O)O)C[C@H](O)[C@@H](NC(C)=O)C([C@H](O)[C@H](O)CO)O3)[C@H]2O)[C@H](O)[C@H]1O)[C@H](O)CCCCCCCCCCCCCCC. The number of ketones is 1. The first-order chi connectivity index (χ1) is 62.6. The summed E-state index contributed by atoms with van der Waals surface area (Å²) in [5, 5.41) is 246. The van der Waals surface area contributed by atoms with E-state index in [0.717, 1.165) is 111 Å². The van der Waals surface area contributed by atoms with E-state index in [0.29, 0.717) is 12.8 Å². The fourth-order valence-electron chi connectivity index (χ4n) is 17.9. The van der Waals surface area contributed by atoms with Gasteiger partial charge in [-0.15, -0.1) is 0 Å². The molecular weight excluding hydrogens is 1730 g/mol. The molecule has 2 unspecified atom stereocenters. The first-order valence-electron chi connectivity index (χ1n) is 47.4. The number of carbonyl (C=O) groups is 6. The van der Waals surface area contributed by atoms with Gasteiger partial charge in [0.15, 0.2) is 25.2 Å². The van der Waals surface area contributed by atoms with E-state index in [-0.39, 0.29) is 18.7 Å². The van der Waals surface area contributed by atoms with Gasteiger partial charge in [0.05, 0.1) is 88.8 Å². The average Bonchev–Trinajstić information content (AvgIpc) is 0.752. The summed E-state index contributed by atoms with van der Waals surface area (Å²) in [4.78, 5) is 79.9. The fraction of sp³-hybridized carbons (Fsp3) is 0.910. The molecule has 0 bridgehead atoms. The van der Waals surface area contributed by atoms with Crippen LogP contribution in [0.4, 0.5) is 0 Å². The monoisotopic (exact) mass is 1890 g/mol. The number of aliphatic carboxylic acids is 2. The largest absolute Gasteiger partial charge is 0.477 e. The first kappa shape index (κ1) is 115. The van der Waals surface area contributed by atoms with E-state index in [2.05, 4.69) is 41.9 Å². The Labute approximate surface area is 766 Å². The van der Waals surface area contributed by atoms with Crippen molar-refractivity contribution >= 4 is 35.4 Å². The summed E-state index contributed by atoms with van der Waals surface area (Å²) in [7, 11) is 0. The maximum Gasteiger partial charge on any atom is 0.364 e. The molecule has 0 spiro atoms. The standard InChI is InChI=1S/C89H157N3O39/c1-6-8-10-12-14-16-18-20-21-22-23-24-25-27-29-31-33-35-37-39-64(107)92-54(55(102)38-36-34-32-30-28-26-19-17-15-13-11-9-7-2)49-120-83-72(113)71(112)76(62(47-97)123-83)126-85-74(115)81(131-89(87(118)119)42-57(104)66(91-52(5)101)79(129-89)68(109)59(106)44-94)77(63(48-98)124-85)127-82-53(40-50(3)99)75(69(110)60(45-95)121-82)125-84-73(114)80(70(111)61(46-96)122-84)130-88(86(116)117)41-56(103)65(90-51(4)100)78(128-88)67(108)58(105)43-93/h20-21,53-63,65-85,93-98,102-106,108-115H,6-19,22-49H2,1-5H3,(H,90,100)(H,91,101)(H,92,107)(H,116,117)(H,118,119)/t53-,54+,55-,56+,57+,58-,59-,60-,61-,62-,63-,65-,66-,67-,68-,69+,70+,71-,72-,73-,74-,75-,76-,77+,78?,79?,80+,81-,82+,83-,84+,85+,88+,89+/m1/s1. The maximum atomic E-state index is 14.1. The number of amides is 3. The first-order valence-corrected chi connectivity index (χ1v) is 47.4. The van der Waals surface area contributed by atoms with E-state index >= 15 is 0 Å². The summed E-state index contributed by atoms with van der Waals surface area (Å²) < 4.78 is 72.9. The van der Waals surface area contributed by atoms with Crippen molar-refractivity contribution in [3.05, 3.63) is 12.2 Å². The Hall–Kier alpha value is -4.48. The maximum absolute atomic E-state index is 14.1. The predicted octanol–water partition coefficient (Wildman–Crippen LogP) is -1.22. The highest BCUT2D eigenvalue weighted by Crippen LogP contribution is 2.44. The van der Waals surface area contributed by atoms with Gasteiger partial charge < -0.3 is 185 Å². The summed E-state index contributed by atoms with van der Waals surface area (Å²) in [6.45, 7) is -0.538. The fourth-order valence-corrected chi connectivity index (χ4v) is 17.9. The van der Waals surface area contributed by atoms with Crippen LogP contribution in [0.3, 0.4) is 0 Å². The number of hydrogen-bond donors (Lipinski definition) is 24. The molecule has 0 aromatic heterocycles. The molecule has 6 aliphatic rings. The Morgan fingerprint density at radius 1 is 0.412 bits per heavy atom. The van der Waals surface area contributed by atoms with Crippen LogP contribution in [0.25, 0.3) is 0 Å². The number of Topliss-reactive ketones (excluding diaryl/α,β-unsaturated/α-hetero) is 1. The van der Waals surface area contributed by atoms with Crippen LogP contribution in [-0.4, -0.2) is 390 Å². The summed E-state index contributed by atoms with van der Waals surface area (Å²) in [5.41, 5.74) is 0. The summed E-state index contributed by atoms with van der Waals surface area (Å²) in [5.74, 6) is -16.1. The zero-order valence-corrected chi connectivity index (χ0v) is 76.6. The number of carboxylic acid groups (broad SMARTS) is 2. The number of rotatable bonds is 64. The number of nitrogens with one attached hydrogen (secondary N) is 3. The molecule has 6 heterocycles. The molecule has 762 valence electrons. The molecule has 6 rings (SSSR count). The van der Waals surface area contributed by atoms with Crippen molar-refractivity contribution < 1.29 is 193 Å². The zero-order chi connectivity index (χ0) is 96.7. The van der Waals surface area contributed by atoms with Crippen molar-refractivity contribution in [1.82, 2.24) is 16.0 Å². The van der Waals surface area contributed by atoms with Crippen molar-refractivity contribution in [3.63, 3.8) is 0 Å². The van der Waals surface area contributed by atoms with E-state index < -0.39 is 302 Å². The second-order valence-corrected chi connectivity index (χ2v) is 36.0. The lowest BCUT2D eigenvalue weighted by Gasteiger charge is -2.53. The Bertz CT molecular complexity index is 3270. The van der Waals surface area contributed by atoms with Crippen LogP contribution < -0.4 is 16.0 Å². The van der Waals surface area contributed by atoms with Crippen LogP contribution in [0, 0.1) is 5.92 Å². The number of aliphatic hydroxyl groups excluding tert-OH is 19. The number of ether oxygens (including phenoxy) is 12. The second-order valence-electron chi connectivity index (χ2n) is 36.0. The highest BCUT2D eigenvalue weighted by molar-refractivity contribution is 5.78. The number of carboxylic acids is 2. The smallest absolute Gasteiger partial charge is 0.364 e. The van der Waals surface area contributed by atoms with E-state index in [9.17, 15) is 136 Å². The number of aliphatic hydroxyl groups is 19. The molecule has 0 aromatic rings. The van der Waals surface area contributed by atoms with Crippen LogP contribution in [-0.2, 0) is 85.6 Å². The molecule has 34 atom stereocenters. The van der Waals surface area contributed by atoms with Gasteiger partial charge in [-0.1, -0.05) is 187 Å². The third-order valence-corrected chi connectivity index (χ3v) is 25.4. The number of unbranched alkanes of at least 4 members (excludes halogenated alkanes) is 27. The quantitative estimate of drug-likeness (QED) is 0.0251. The molecule has 42 heteroatoms. The molecule has 6 fully saturated rings. The Morgan fingerprint density at radius 2 is 0.786 bits per heavy atom. The Kier molecular flexibility index (Phi) is 52.5. The minimum Gasteiger partial charge on any atom is -0.477 e. The third-order valence-electron chi connectivity index (χ3n) is 25.4. The Morgan fingerprint density at radius 3 is 1.21 bits per heavy atom. The van der Waals surface area contributed by atoms with Crippen LogP contribution >= 0.6 is 0 Å². The number of carbonyl (C=O) groups excluding carboxylic acids is 4. The van der Waals surface area contributed by atoms with Gasteiger partial charge in [0.1, 0.15) is 128 Å². The van der Waals surface area contributed by atoms with Gasteiger partial charge in [-0.05, 0) is 45.4 Å². The molecule has 6 aliphatic heterocycles. The van der Waals surface area contributed by atoms with E-state index in [1.165, 1.54) is 89.9 Å². The van der Waals surface area contributed by atoms with Gasteiger partial charge in [0.2, 0.25) is 17.7 Å². The van der Waals surface area contributed by atoms with E-state index in [1.54, 1.807) is 0 Å². The van der Waals surface area contributed by atoms with Crippen LogP contribution in [0.15, 0.2) is 12.2 Å². The van der Waals surface area contributed by atoms with Crippen molar-refractivity contribution in [2.75, 3.05) is 46.2 Å². The molecular formula is C89H157N3O39. The van der Waals surface area contributed by atoms with Gasteiger partial charge in [-0.2, -0.15) is 0 Å². The van der Waals surface area contributed by atoms with Crippen molar-refractivity contribution in [1.29, 1.82) is 0 Å². The molecule has 0 saturated carbocycles. The highest BCUT2D eigenvalue weighted by Gasteiger charge is 2.64. The van der Waals surface area contributed by atoms with Crippen LogP contribution in [0.1, 0.15) is 259 Å². The minimum atomic E-state index is -3.48. The van der Waals surface area contributed by atoms with Gasteiger partial charge in [-0.25, -0.2) is 9.59 Å². The zero-order valence-electron chi connectivity index (χ0n) is 76.6. The summed E-state index contributed by atoms with van der Waals surface area (Å²) in [6, 6.07) is -4.69. The summed E-state index contributed by atoms with van der Waals surface area (Å²) >= 11 is 0. The topological polar surface area (TPSA) is 674 Å². The van der Waals surface area contributed by atoms with E-state index in [4.69, 9.17) is 56.8 Å². The van der Waals surface area contributed by atoms with Crippen molar-refractivity contribution in [2.45, 2.75) is 461 Å². The predicted molar refractivity (Wildman–Crippen MR) is 459 cm³/mol. The molecule has 42 nitrogen and oxygen atoms in total. The molecule has 0 aliphatic carbocycles. The van der Waals surface area contributed by atoms with Gasteiger partial charge in [0, 0.05) is 45.4 Å². The number of allylic oxidation sites excluding steroid dienone is 2. The number of hydrogen-bond acceptors (Lipinski definition) is 37. The van der Waals surface area contributed by atoms with Crippen molar-refractivity contribution in [3.8, 4) is 0 Å².